The number of nitrogens with one attached hydrogen (secondary N) is 2. The molecule has 5 heteroatoms. The zero-order valence-electron chi connectivity index (χ0n) is 14.2. The van der Waals surface area contributed by atoms with Crippen LogP contribution in [0.3, 0.4) is 0 Å². The van der Waals surface area contributed by atoms with E-state index in [0.717, 1.165) is 32.1 Å². The Morgan fingerprint density at radius 3 is 2.45 bits per heavy atom. The molecule has 0 bridgehead atoms. The Morgan fingerprint density at radius 2 is 1.77 bits per heavy atom. The van der Waals surface area contributed by atoms with Gasteiger partial charge in [0.2, 0.25) is 0 Å². The van der Waals surface area contributed by atoms with Gasteiger partial charge < -0.3 is 20.5 Å². The Bertz CT molecular complexity index is 367. The van der Waals surface area contributed by atoms with E-state index in [1.807, 2.05) is 20.8 Å². The zero-order valence-corrected chi connectivity index (χ0v) is 14.2. The third kappa shape index (κ3) is 5.43. The van der Waals surface area contributed by atoms with Gasteiger partial charge in [-0.3, -0.25) is 0 Å². The predicted molar refractivity (Wildman–Crippen MR) is 86.8 cm³/mol. The van der Waals surface area contributed by atoms with Crippen molar-refractivity contribution >= 4 is 6.09 Å². The second kappa shape index (κ2) is 7.64. The van der Waals surface area contributed by atoms with Crippen molar-refractivity contribution in [1.82, 2.24) is 10.6 Å². The van der Waals surface area contributed by atoms with Crippen molar-refractivity contribution in [2.24, 2.45) is 5.92 Å². The molecule has 4 unspecified atom stereocenters. The van der Waals surface area contributed by atoms with Crippen LogP contribution in [0.15, 0.2) is 0 Å². The summed E-state index contributed by atoms with van der Waals surface area (Å²) in [4.78, 5) is 11.8. The van der Waals surface area contributed by atoms with Crippen molar-refractivity contribution < 1.29 is 14.6 Å². The number of aliphatic hydroxyl groups excluding tert-OH is 1. The first kappa shape index (κ1) is 17.5. The van der Waals surface area contributed by atoms with Gasteiger partial charge in [-0.1, -0.05) is 19.3 Å². The summed E-state index contributed by atoms with van der Waals surface area (Å²) >= 11 is 0. The molecule has 0 saturated heterocycles. The third-order valence-corrected chi connectivity index (χ3v) is 4.72. The molecule has 128 valence electrons. The van der Waals surface area contributed by atoms with Crippen LogP contribution >= 0.6 is 0 Å². The van der Waals surface area contributed by atoms with Gasteiger partial charge in [-0.2, -0.15) is 0 Å². The molecule has 22 heavy (non-hydrogen) atoms. The SMILES string of the molecule is CC(C)(C)OC(=O)NCC1CCCC1NC1CCCCC1O. The first-order chi connectivity index (χ1) is 10.3. The summed E-state index contributed by atoms with van der Waals surface area (Å²) in [5.41, 5.74) is -0.455. The number of hydrogen-bond donors (Lipinski definition) is 3. The number of ether oxygens (including phenoxy) is 1. The van der Waals surface area contributed by atoms with Crippen LogP contribution in [0, 0.1) is 5.92 Å². The first-order valence-electron chi connectivity index (χ1n) is 8.76. The fourth-order valence-corrected chi connectivity index (χ4v) is 3.61. The topological polar surface area (TPSA) is 70.6 Å². The summed E-state index contributed by atoms with van der Waals surface area (Å²) in [6.07, 6.45) is 7.18. The highest BCUT2D eigenvalue weighted by atomic mass is 16.6. The second-order valence-electron chi connectivity index (χ2n) is 7.81. The van der Waals surface area contributed by atoms with E-state index in [9.17, 15) is 9.90 Å². The largest absolute Gasteiger partial charge is 0.444 e. The highest BCUT2D eigenvalue weighted by molar-refractivity contribution is 5.67. The summed E-state index contributed by atoms with van der Waals surface area (Å²) in [6.45, 7) is 6.26. The maximum atomic E-state index is 11.8. The molecule has 2 fully saturated rings. The molecule has 5 nitrogen and oxygen atoms in total. The molecule has 0 aromatic heterocycles. The van der Waals surface area contributed by atoms with E-state index in [2.05, 4.69) is 10.6 Å². The highest BCUT2D eigenvalue weighted by Crippen LogP contribution is 2.28. The van der Waals surface area contributed by atoms with Gasteiger partial charge in [0, 0.05) is 18.6 Å². The molecule has 2 rings (SSSR count). The molecule has 2 saturated carbocycles. The predicted octanol–water partition coefficient (Wildman–Crippen LogP) is 2.57. The summed E-state index contributed by atoms with van der Waals surface area (Å²) in [6, 6.07) is 0.619. The summed E-state index contributed by atoms with van der Waals surface area (Å²) < 4.78 is 5.29. The van der Waals surface area contributed by atoms with E-state index in [4.69, 9.17) is 4.74 Å². The van der Waals surface area contributed by atoms with Gasteiger partial charge in [-0.25, -0.2) is 4.79 Å². The van der Waals surface area contributed by atoms with Crippen molar-refractivity contribution in [3.63, 3.8) is 0 Å². The lowest BCUT2D eigenvalue weighted by Crippen LogP contribution is -2.50. The maximum absolute atomic E-state index is 11.8. The molecular weight excluding hydrogens is 280 g/mol. The lowest BCUT2D eigenvalue weighted by Gasteiger charge is -2.33. The van der Waals surface area contributed by atoms with E-state index < -0.39 is 5.60 Å². The van der Waals surface area contributed by atoms with Gasteiger partial charge in [0.05, 0.1) is 6.10 Å². The molecule has 0 aromatic rings. The highest BCUT2D eigenvalue weighted by Gasteiger charge is 2.32. The zero-order chi connectivity index (χ0) is 16.2. The molecule has 0 radical (unpaired) electrons. The molecule has 2 aliphatic rings. The Kier molecular flexibility index (Phi) is 6.09. The van der Waals surface area contributed by atoms with Gasteiger partial charge in [-0.05, 0) is 52.4 Å². The van der Waals surface area contributed by atoms with Crippen molar-refractivity contribution in [1.29, 1.82) is 0 Å². The van der Waals surface area contributed by atoms with Crippen LogP contribution in [0.5, 0.6) is 0 Å². The molecule has 0 spiro atoms. The summed E-state index contributed by atoms with van der Waals surface area (Å²) in [5.74, 6) is 0.432. The number of carbonyl (C=O) groups excluding carboxylic acids is 1. The monoisotopic (exact) mass is 312 g/mol. The molecule has 0 aliphatic heterocycles. The van der Waals surface area contributed by atoms with Crippen molar-refractivity contribution in [2.45, 2.75) is 89.5 Å². The van der Waals surface area contributed by atoms with Gasteiger partial charge in [-0.15, -0.1) is 0 Å². The fraction of sp³-hybridized carbons (Fsp3) is 0.941. The first-order valence-corrected chi connectivity index (χ1v) is 8.76. The Morgan fingerprint density at radius 1 is 1.09 bits per heavy atom. The van der Waals surface area contributed by atoms with E-state index in [1.165, 1.54) is 12.8 Å². The Balaban J connectivity index is 1.77. The average molecular weight is 312 g/mol. The number of rotatable bonds is 4. The fourth-order valence-electron chi connectivity index (χ4n) is 3.61. The van der Waals surface area contributed by atoms with Crippen LogP contribution in [-0.4, -0.2) is 41.5 Å². The van der Waals surface area contributed by atoms with Crippen molar-refractivity contribution in [3.8, 4) is 0 Å². The van der Waals surface area contributed by atoms with Gasteiger partial charge in [0.1, 0.15) is 5.60 Å². The standard InChI is InChI=1S/C17H32N2O3/c1-17(2,3)22-16(21)18-11-12-7-6-9-13(12)19-14-8-4-5-10-15(14)20/h12-15,19-20H,4-11H2,1-3H3,(H,18,21). The second-order valence-corrected chi connectivity index (χ2v) is 7.81. The van der Waals surface area contributed by atoms with E-state index in [-0.39, 0.29) is 18.2 Å². The molecule has 3 N–H and O–H groups in total. The molecule has 0 aromatic carbocycles. The average Bonchev–Trinajstić information content (AvgIpc) is 2.84. The molecule has 1 amide bonds. The quantitative estimate of drug-likeness (QED) is 0.746. The van der Waals surface area contributed by atoms with E-state index in [0.29, 0.717) is 18.5 Å². The van der Waals surface area contributed by atoms with Crippen LogP contribution in [0.2, 0.25) is 0 Å². The minimum absolute atomic E-state index is 0.214. The van der Waals surface area contributed by atoms with Gasteiger partial charge in [0.25, 0.3) is 0 Å². The molecule has 0 heterocycles. The Hall–Kier alpha value is -0.810. The van der Waals surface area contributed by atoms with Crippen LogP contribution < -0.4 is 10.6 Å². The lowest BCUT2D eigenvalue weighted by molar-refractivity contribution is 0.0511. The van der Waals surface area contributed by atoms with Crippen LogP contribution in [0.1, 0.15) is 65.7 Å². The molecular formula is C17H32N2O3. The van der Waals surface area contributed by atoms with Crippen LogP contribution in [0.4, 0.5) is 4.79 Å². The van der Waals surface area contributed by atoms with Crippen LogP contribution in [0.25, 0.3) is 0 Å². The van der Waals surface area contributed by atoms with Crippen molar-refractivity contribution in [2.75, 3.05) is 6.54 Å². The third-order valence-electron chi connectivity index (χ3n) is 4.72. The van der Waals surface area contributed by atoms with E-state index >= 15 is 0 Å². The normalized spacial score (nSPS) is 32.7. The number of aliphatic hydroxyl groups is 1. The van der Waals surface area contributed by atoms with Gasteiger partial charge in [0.15, 0.2) is 0 Å². The molecule has 2 aliphatic carbocycles. The minimum Gasteiger partial charge on any atom is -0.444 e. The van der Waals surface area contributed by atoms with Gasteiger partial charge >= 0.3 is 6.09 Å². The molecule has 4 atom stereocenters. The number of amides is 1. The van der Waals surface area contributed by atoms with Crippen LogP contribution in [-0.2, 0) is 4.74 Å². The minimum atomic E-state index is -0.455. The number of carbonyl (C=O) groups is 1. The number of alkyl carbamates (subject to hydrolysis) is 1. The smallest absolute Gasteiger partial charge is 0.407 e. The summed E-state index contributed by atoms with van der Waals surface area (Å²) in [5, 5.41) is 16.7. The summed E-state index contributed by atoms with van der Waals surface area (Å²) in [7, 11) is 0. The Labute approximate surface area is 134 Å². The lowest BCUT2D eigenvalue weighted by atomic mass is 9.91. The van der Waals surface area contributed by atoms with Crippen molar-refractivity contribution in [3.05, 3.63) is 0 Å². The van der Waals surface area contributed by atoms with E-state index in [1.54, 1.807) is 0 Å². The maximum Gasteiger partial charge on any atom is 0.407 e. The number of hydrogen-bond acceptors (Lipinski definition) is 4.